The van der Waals surface area contributed by atoms with Gasteiger partial charge in [0.15, 0.2) is 0 Å². The first-order valence-electron chi connectivity index (χ1n) is 11.1. The highest BCUT2D eigenvalue weighted by molar-refractivity contribution is 6.24. The lowest BCUT2D eigenvalue weighted by Crippen LogP contribution is -2.64. The van der Waals surface area contributed by atoms with Crippen molar-refractivity contribution in [1.29, 1.82) is 0 Å². The maximum Gasteiger partial charge on any atom is 0.397 e. The van der Waals surface area contributed by atoms with Crippen LogP contribution in [0.4, 0.5) is 10.5 Å². The molecule has 0 spiro atoms. The van der Waals surface area contributed by atoms with Crippen LogP contribution in [-0.2, 0) is 20.7 Å². The number of hydrogen-bond acceptors (Lipinski definition) is 6. The van der Waals surface area contributed by atoms with Crippen LogP contribution >= 0.6 is 0 Å². The van der Waals surface area contributed by atoms with Gasteiger partial charge in [-0.25, -0.2) is 19.2 Å². The Morgan fingerprint density at radius 1 is 1.25 bits per heavy atom. The van der Waals surface area contributed by atoms with E-state index in [-0.39, 0.29) is 5.92 Å². The number of aliphatic imine (C=N–C) groups is 1. The molecule has 4 rings (SSSR count). The maximum absolute atomic E-state index is 13.3. The summed E-state index contributed by atoms with van der Waals surface area (Å²) in [5.74, 6) is 0.251. The lowest BCUT2D eigenvalue weighted by atomic mass is 10.1. The molecule has 3 amide bonds. The number of nitrogens with zero attached hydrogens (tertiary/aromatic N) is 5. The minimum atomic E-state index is -0.730. The van der Waals surface area contributed by atoms with Crippen molar-refractivity contribution in [3.8, 4) is 0 Å². The maximum atomic E-state index is 13.3. The number of likely N-dealkylation sites (N-methyl/N-ethyl adjacent to an activating group) is 1. The minimum absolute atomic E-state index is 0.276. The van der Waals surface area contributed by atoms with Crippen LogP contribution < -0.4 is 4.90 Å². The van der Waals surface area contributed by atoms with E-state index in [0.717, 1.165) is 36.4 Å². The van der Waals surface area contributed by atoms with Crippen LogP contribution in [0.3, 0.4) is 0 Å². The van der Waals surface area contributed by atoms with Crippen LogP contribution in [0.2, 0.25) is 0 Å². The number of carbonyl (C=O) groups is 3. The fourth-order valence-electron chi connectivity index (χ4n) is 4.48. The summed E-state index contributed by atoms with van der Waals surface area (Å²) < 4.78 is 6.62. The van der Waals surface area contributed by atoms with Gasteiger partial charge in [0.2, 0.25) is 11.9 Å². The lowest BCUT2D eigenvalue weighted by molar-refractivity contribution is -0.545. The Kier molecular flexibility index (Phi) is 5.99. The molecule has 1 aromatic carbocycles. The Balaban J connectivity index is 1.68. The quantitative estimate of drug-likeness (QED) is 0.497. The Bertz CT molecular complexity index is 1000. The average Bonchev–Trinajstić information content (AvgIpc) is 3.18. The van der Waals surface area contributed by atoms with E-state index in [0.29, 0.717) is 18.3 Å². The summed E-state index contributed by atoms with van der Waals surface area (Å²) in [5, 5.41) is 0. The number of anilines is 1. The summed E-state index contributed by atoms with van der Waals surface area (Å²) in [5.41, 5.74) is 2.31. The van der Waals surface area contributed by atoms with Crippen LogP contribution in [-0.4, -0.2) is 83.9 Å². The predicted molar refractivity (Wildman–Crippen MR) is 120 cm³/mol. The van der Waals surface area contributed by atoms with Gasteiger partial charge in [-0.3, -0.25) is 14.5 Å². The molecule has 2 unspecified atom stereocenters. The molecule has 1 aromatic rings. The van der Waals surface area contributed by atoms with E-state index in [9.17, 15) is 14.4 Å². The molecule has 0 aromatic heterocycles. The number of carbonyl (C=O) groups excluding carboxylic acids is 3. The minimum Gasteiger partial charge on any atom is -0.468 e. The largest absolute Gasteiger partial charge is 0.468 e. The molecule has 0 aliphatic carbocycles. The Labute approximate surface area is 187 Å². The van der Waals surface area contributed by atoms with Gasteiger partial charge >= 0.3 is 18.0 Å². The highest BCUT2D eigenvalue weighted by atomic mass is 16.5. The number of esters is 1. The number of amides is 3. The number of methoxy groups -OCH3 is 1. The number of rotatable bonds is 6. The topological polar surface area (TPSA) is 85.5 Å². The predicted octanol–water partition coefficient (Wildman–Crippen LogP) is 1.70. The fourth-order valence-corrected chi connectivity index (χ4v) is 4.48. The van der Waals surface area contributed by atoms with E-state index in [1.54, 1.807) is 7.05 Å². The smallest absolute Gasteiger partial charge is 0.397 e. The lowest BCUT2D eigenvalue weighted by Gasteiger charge is -2.35. The van der Waals surface area contributed by atoms with Crippen molar-refractivity contribution in [3.63, 3.8) is 0 Å². The number of benzene rings is 1. The van der Waals surface area contributed by atoms with Crippen molar-refractivity contribution < 1.29 is 23.7 Å². The first-order chi connectivity index (χ1) is 15.3. The third-order valence-electron chi connectivity index (χ3n) is 6.22. The van der Waals surface area contributed by atoms with Gasteiger partial charge in [0.25, 0.3) is 5.91 Å². The van der Waals surface area contributed by atoms with Crippen LogP contribution in [0.25, 0.3) is 0 Å². The van der Waals surface area contributed by atoms with Gasteiger partial charge in [0.1, 0.15) is 12.2 Å². The Hall–Kier alpha value is -3.23. The second-order valence-electron chi connectivity index (χ2n) is 8.65. The standard InChI is InChI=1S/C23H30N5O4/c1-5-6-7-16-8-10-17(11-9-16)26-12-15(2)13-27-19-20(24-22(26)27)25(3)23(31)28(21(19)30)14-18(29)32-4/h8-11,15,19H,5-7,12-14H2,1-4H3/q+1. The van der Waals surface area contributed by atoms with Gasteiger partial charge in [0, 0.05) is 13.0 Å². The van der Waals surface area contributed by atoms with Crippen LogP contribution in [0, 0.1) is 5.92 Å². The number of unbranched alkanes of at least 4 members (excludes halogenated alkanes) is 1. The van der Waals surface area contributed by atoms with E-state index in [1.807, 2.05) is 4.58 Å². The molecule has 9 heteroatoms. The molecule has 3 heterocycles. The molecule has 170 valence electrons. The van der Waals surface area contributed by atoms with Crippen molar-refractivity contribution in [3.05, 3.63) is 29.8 Å². The molecule has 0 bridgehead atoms. The van der Waals surface area contributed by atoms with Crippen molar-refractivity contribution in [2.24, 2.45) is 10.9 Å². The summed E-state index contributed by atoms with van der Waals surface area (Å²) in [6.45, 7) is 5.30. The molecule has 3 aliphatic heterocycles. The number of aryl methyl sites for hydroxylation is 1. The molecule has 0 radical (unpaired) electrons. The van der Waals surface area contributed by atoms with Gasteiger partial charge in [-0.05, 0) is 30.5 Å². The Morgan fingerprint density at radius 3 is 2.62 bits per heavy atom. The van der Waals surface area contributed by atoms with Crippen molar-refractivity contribution in [2.75, 3.05) is 38.7 Å². The third-order valence-corrected chi connectivity index (χ3v) is 6.22. The summed E-state index contributed by atoms with van der Waals surface area (Å²) in [4.78, 5) is 47.0. The van der Waals surface area contributed by atoms with Crippen molar-refractivity contribution in [2.45, 2.75) is 39.2 Å². The molecule has 0 saturated carbocycles. The van der Waals surface area contributed by atoms with Gasteiger partial charge in [-0.15, -0.1) is 0 Å². The van der Waals surface area contributed by atoms with Crippen LogP contribution in [0.5, 0.6) is 0 Å². The number of urea groups is 1. The van der Waals surface area contributed by atoms with Crippen molar-refractivity contribution in [1.82, 2.24) is 9.80 Å². The second-order valence-corrected chi connectivity index (χ2v) is 8.65. The molecular weight excluding hydrogens is 410 g/mol. The third kappa shape index (κ3) is 3.76. The number of imide groups is 1. The van der Waals surface area contributed by atoms with Gasteiger partial charge in [0.05, 0.1) is 20.2 Å². The van der Waals surface area contributed by atoms with Crippen molar-refractivity contribution >= 4 is 35.4 Å². The number of ether oxygens (including phenoxy) is 1. The first kappa shape index (κ1) is 22.0. The number of guanidine groups is 1. The van der Waals surface area contributed by atoms with Gasteiger partial charge in [-0.1, -0.05) is 37.4 Å². The monoisotopic (exact) mass is 440 g/mol. The van der Waals surface area contributed by atoms with E-state index in [4.69, 9.17) is 4.99 Å². The molecule has 9 nitrogen and oxygen atoms in total. The van der Waals surface area contributed by atoms with Crippen LogP contribution in [0.15, 0.2) is 29.3 Å². The van der Waals surface area contributed by atoms with E-state index >= 15 is 0 Å². The van der Waals surface area contributed by atoms with Gasteiger partial charge < -0.3 is 4.74 Å². The molecule has 32 heavy (non-hydrogen) atoms. The second kappa shape index (κ2) is 8.72. The zero-order valence-electron chi connectivity index (χ0n) is 19.1. The summed E-state index contributed by atoms with van der Waals surface area (Å²) in [7, 11) is 2.82. The first-order valence-corrected chi connectivity index (χ1v) is 11.1. The summed E-state index contributed by atoms with van der Waals surface area (Å²) >= 11 is 0. The number of fused-ring (bicyclic) bond motifs is 2. The van der Waals surface area contributed by atoms with Crippen LogP contribution in [0.1, 0.15) is 32.3 Å². The molecule has 2 atom stereocenters. The average molecular weight is 441 g/mol. The molecule has 1 saturated heterocycles. The molecule has 0 N–H and O–H groups in total. The molecule has 3 aliphatic rings. The molecular formula is C23H30N5O4+. The SMILES string of the molecule is CCCCc1ccc(N2CC(C)C[N+]3=C2N=C2C3C(=O)N(CC(=O)OC)C(=O)N2C)cc1. The van der Waals surface area contributed by atoms with E-state index in [1.165, 1.54) is 17.6 Å². The summed E-state index contributed by atoms with van der Waals surface area (Å²) in [6.07, 6.45) is 3.37. The van der Waals surface area contributed by atoms with E-state index < -0.39 is 30.5 Å². The zero-order chi connectivity index (χ0) is 23.0. The number of amidine groups is 1. The fraction of sp³-hybridized carbons (Fsp3) is 0.522. The van der Waals surface area contributed by atoms with Gasteiger partial charge in [-0.2, -0.15) is 0 Å². The zero-order valence-corrected chi connectivity index (χ0v) is 19.1. The normalized spacial score (nSPS) is 22.8. The highest BCUT2D eigenvalue weighted by Crippen LogP contribution is 2.28. The Morgan fingerprint density at radius 2 is 1.97 bits per heavy atom. The molecule has 1 fully saturated rings. The highest BCUT2D eigenvalue weighted by Gasteiger charge is 2.55. The van der Waals surface area contributed by atoms with E-state index in [2.05, 4.69) is 47.7 Å². The number of hydrogen-bond donors (Lipinski definition) is 0. The summed E-state index contributed by atoms with van der Waals surface area (Å²) in [6, 6.07) is 7.17.